The van der Waals surface area contributed by atoms with E-state index in [4.69, 9.17) is 5.11 Å². The summed E-state index contributed by atoms with van der Waals surface area (Å²) in [7, 11) is 0. The van der Waals surface area contributed by atoms with Crippen molar-refractivity contribution >= 4 is 0 Å². The molecule has 5 N–H and O–H groups in total. The van der Waals surface area contributed by atoms with Crippen molar-refractivity contribution in [3.05, 3.63) is 0 Å². The molecule has 0 aromatic heterocycles. The average Bonchev–Trinajstić information content (AvgIpc) is 1.93. The van der Waals surface area contributed by atoms with Crippen molar-refractivity contribution in [2.45, 2.75) is 6.42 Å². The molecule has 1 aliphatic rings. The molecule has 0 radical (unpaired) electrons. The highest BCUT2D eigenvalue weighted by molar-refractivity contribution is 4.54. The van der Waals surface area contributed by atoms with Gasteiger partial charge in [0.1, 0.15) is 0 Å². The fourth-order valence-electron chi connectivity index (χ4n) is 0.604. The van der Waals surface area contributed by atoms with Crippen molar-refractivity contribution < 1.29 is 5.11 Å². The Bertz CT molecular complexity index is 36.0. The lowest BCUT2D eigenvalue weighted by molar-refractivity contribution is 0.307. The highest BCUT2D eigenvalue weighted by Crippen LogP contribution is 1.75. The van der Waals surface area contributed by atoms with Crippen molar-refractivity contribution in [2.75, 3.05) is 26.5 Å². The van der Waals surface area contributed by atoms with Crippen LogP contribution in [-0.4, -0.2) is 31.6 Å². The highest BCUT2D eigenvalue weighted by Gasteiger charge is 1.91. The molecule has 0 bridgehead atoms. The predicted molar refractivity (Wildman–Crippen MR) is 36.8 cm³/mol. The molecule has 9 heavy (non-hydrogen) atoms. The molecule has 4 nitrogen and oxygen atoms in total. The zero-order valence-corrected chi connectivity index (χ0v) is 5.56. The monoisotopic (exact) mass is 133 g/mol. The van der Waals surface area contributed by atoms with Gasteiger partial charge in [-0.3, -0.25) is 0 Å². The van der Waals surface area contributed by atoms with Crippen LogP contribution in [0.15, 0.2) is 0 Å². The second kappa shape index (κ2) is 7.84. The number of nitrogens with two attached hydrogens (primary N) is 1. The summed E-state index contributed by atoms with van der Waals surface area (Å²) in [6.07, 6.45) is 1.28. The molecule has 0 amide bonds. The topological polar surface area (TPSA) is 70.3 Å². The van der Waals surface area contributed by atoms with E-state index in [0.717, 1.165) is 6.67 Å². The maximum Gasteiger partial charge on any atom is 0.0906 e. The molecule has 1 fully saturated rings. The van der Waals surface area contributed by atoms with Crippen molar-refractivity contribution in [3.63, 3.8) is 0 Å². The first kappa shape index (κ1) is 8.84. The van der Waals surface area contributed by atoms with Crippen LogP contribution in [0.25, 0.3) is 0 Å². The van der Waals surface area contributed by atoms with Crippen molar-refractivity contribution in [2.24, 2.45) is 5.73 Å². The van der Waals surface area contributed by atoms with Gasteiger partial charge in [-0.25, -0.2) is 0 Å². The fraction of sp³-hybridized carbons (Fsp3) is 1.00. The largest absolute Gasteiger partial charge is 0.382 e. The third-order valence-corrected chi connectivity index (χ3v) is 0.957. The zero-order chi connectivity index (χ0) is 6.95. The summed E-state index contributed by atoms with van der Waals surface area (Å²) in [6, 6.07) is 0. The lowest BCUT2D eigenvalue weighted by Crippen LogP contribution is -2.37. The normalized spacial score (nSPS) is 18.0. The maximum atomic E-state index is 7.35. The van der Waals surface area contributed by atoms with Crippen LogP contribution in [0.2, 0.25) is 0 Å². The minimum absolute atomic E-state index is 0.250. The van der Waals surface area contributed by atoms with Gasteiger partial charge >= 0.3 is 0 Å². The quantitative estimate of drug-likeness (QED) is 0.301. The van der Waals surface area contributed by atoms with Gasteiger partial charge in [-0.2, -0.15) is 0 Å². The lowest BCUT2D eigenvalue weighted by Gasteiger charge is -2.11. The molecule has 0 atom stereocenters. The van der Waals surface area contributed by atoms with Gasteiger partial charge in [0, 0.05) is 6.67 Å². The Balaban J connectivity index is 0.000000187. The second-order valence-electron chi connectivity index (χ2n) is 1.71. The van der Waals surface area contributed by atoms with Crippen molar-refractivity contribution in [1.82, 2.24) is 10.6 Å². The molecule has 0 aliphatic carbocycles. The Morgan fingerprint density at radius 3 is 1.89 bits per heavy atom. The van der Waals surface area contributed by atoms with Gasteiger partial charge in [0.05, 0.1) is 6.73 Å². The van der Waals surface area contributed by atoms with Crippen LogP contribution in [0.3, 0.4) is 0 Å². The minimum atomic E-state index is -0.250. The van der Waals surface area contributed by atoms with Crippen LogP contribution in [0, 0.1) is 0 Å². The molecule has 4 heteroatoms. The van der Waals surface area contributed by atoms with E-state index in [0.29, 0.717) is 0 Å². The molecule has 1 aliphatic heterocycles. The average molecular weight is 133 g/mol. The van der Waals surface area contributed by atoms with E-state index in [-0.39, 0.29) is 6.73 Å². The van der Waals surface area contributed by atoms with Crippen LogP contribution >= 0.6 is 0 Å². The Kier molecular flexibility index (Phi) is 7.70. The lowest BCUT2D eigenvalue weighted by atomic mass is 10.4. The summed E-state index contributed by atoms with van der Waals surface area (Å²) in [6.45, 7) is 3.12. The minimum Gasteiger partial charge on any atom is -0.382 e. The smallest absolute Gasteiger partial charge is 0.0906 e. The first-order chi connectivity index (χ1) is 4.41. The molecular weight excluding hydrogens is 118 g/mol. The maximum absolute atomic E-state index is 7.35. The molecular formula is C5H15N3O. The van der Waals surface area contributed by atoms with Crippen LogP contribution in [-0.2, 0) is 0 Å². The number of hydrogen-bond acceptors (Lipinski definition) is 4. The van der Waals surface area contributed by atoms with E-state index in [2.05, 4.69) is 16.4 Å². The van der Waals surface area contributed by atoms with Crippen molar-refractivity contribution in [3.8, 4) is 0 Å². The van der Waals surface area contributed by atoms with Crippen molar-refractivity contribution in [1.29, 1.82) is 0 Å². The third kappa shape index (κ3) is 7.84. The standard InChI is InChI=1S/C4H10N2.CH5NO/c1-2-5-4-6-3-1;2-1-3/h5-6H,1-4H2;3H,1-2H2. The van der Waals surface area contributed by atoms with Crippen LogP contribution in [0.5, 0.6) is 0 Å². The molecule has 1 saturated heterocycles. The molecule has 0 saturated carbocycles. The van der Waals surface area contributed by atoms with E-state index < -0.39 is 0 Å². The summed E-state index contributed by atoms with van der Waals surface area (Å²) in [5, 5.41) is 13.7. The number of aliphatic hydroxyl groups excluding tert-OH is 1. The van der Waals surface area contributed by atoms with Gasteiger partial charge in [0.25, 0.3) is 0 Å². The highest BCUT2D eigenvalue weighted by atomic mass is 16.3. The van der Waals surface area contributed by atoms with E-state index >= 15 is 0 Å². The summed E-state index contributed by atoms with van der Waals surface area (Å²) >= 11 is 0. The van der Waals surface area contributed by atoms with Gasteiger partial charge in [0.15, 0.2) is 0 Å². The summed E-state index contributed by atoms with van der Waals surface area (Å²) in [5.41, 5.74) is 4.40. The molecule has 1 rings (SSSR count). The number of nitrogens with one attached hydrogen (secondary N) is 2. The van der Waals surface area contributed by atoms with E-state index in [1.807, 2.05) is 0 Å². The summed E-state index contributed by atoms with van der Waals surface area (Å²) in [5.74, 6) is 0. The Morgan fingerprint density at radius 1 is 1.33 bits per heavy atom. The second-order valence-corrected chi connectivity index (χ2v) is 1.71. The number of aliphatic hydroxyl groups is 1. The zero-order valence-electron chi connectivity index (χ0n) is 5.56. The van der Waals surface area contributed by atoms with E-state index in [9.17, 15) is 0 Å². The molecule has 0 unspecified atom stereocenters. The Morgan fingerprint density at radius 2 is 1.78 bits per heavy atom. The first-order valence-corrected chi connectivity index (χ1v) is 3.14. The molecule has 1 heterocycles. The molecule has 56 valence electrons. The van der Waals surface area contributed by atoms with Gasteiger partial charge < -0.3 is 21.5 Å². The Labute approximate surface area is 55.4 Å². The van der Waals surface area contributed by atoms with E-state index in [1.165, 1.54) is 19.5 Å². The van der Waals surface area contributed by atoms with Crippen LogP contribution in [0.4, 0.5) is 0 Å². The molecule has 0 aromatic rings. The van der Waals surface area contributed by atoms with Gasteiger partial charge in [0.2, 0.25) is 0 Å². The predicted octanol–water partition coefficient (Wildman–Crippen LogP) is -1.58. The number of hydrogen-bond donors (Lipinski definition) is 4. The SMILES string of the molecule is C1CNCNC1.NCO. The number of rotatable bonds is 0. The third-order valence-electron chi connectivity index (χ3n) is 0.957. The van der Waals surface area contributed by atoms with Gasteiger partial charge in [-0.15, -0.1) is 0 Å². The fourth-order valence-corrected chi connectivity index (χ4v) is 0.604. The molecule has 0 aromatic carbocycles. The van der Waals surface area contributed by atoms with Gasteiger partial charge in [-0.05, 0) is 19.5 Å². The summed E-state index contributed by atoms with van der Waals surface area (Å²) < 4.78 is 0. The summed E-state index contributed by atoms with van der Waals surface area (Å²) in [4.78, 5) is 0. The van der Waals surface area contributed by atoms with Crippen LogP contribution in [0.1, 0.15) is 6.42 Å². The van der Waals surface area contributed by atoms with E-state index in [1.54, 1.807) is 0 Å². The molecule has 0 spiro atoms. The first-order valence-electron chi connectivity index (χ1n) is 3.14. The Hall–Kier alpha value is -0.160. The van der Waals surface area contributed by atoms with Gasteiger partial charge in [-0.1, -0.05) is 0 Å². The van der Waals surface area contributed by atoms with Crippen LogP contribution < -0.4 is 16.4 Å².